The van der Waals surface area contributed by atoms with Crippen LogP contribution in [0, 0.1) is 6.92 Å². The van der Waals surface area contributed by atoms with Crippen LogP contribution in [0.15, 0.2) is 68.8 Å². The van der Waals surface area contributed by atoms with Crippen molar-refractivity contribution in [3.05, 3.63) is 65.1 Å². The molecule has 1 aromatic heterocycles. The van der Waals surface area contributed by atoms with Crippen LogP contribution in [-0.2, 0) is 10.0 Å². The third-order valence-corrected chi connectivity index (χ3v) is 5.59. The van der Waals surface area contributed by atoms with Gasteiger partial charge in [-0.1, -0.05) is 6.07 Å². The smallest absolute Gasteiger partial charge is 0.263 e. The maximum atomic E-state index is 12.5. The van der Waals surface area contributed by atoms with Crippen molar-refractivity contribution in [1.82, 2.24) is 4.98 Å². The van der Waals surface area contributed by atoms with E-state index in [9.17, 15) is 8.42 Å². The molecule has 23 heavy (non-hydrogen) atoms. The Kier molecular flexibility index (Phi) is 4.23. The first kappa shape index (κ1) is 15.8. The SMILES string of the molecule is Cc1ccc(S(=O)(=O)Nc2ccc(-c3cnco3)cc2)c(Br)c1. The van der Waals surface area contributed by atoms with Gasteiger partial charge in [-0.2, -0.15) is 0 Å². The molecule has 0 saturated heterocycles. The van der Waals surface area contributed by atoms with Gasteiger partial charge in [0.2, 0.25) is 0 Å². The van der Waals surface area contributed by atoms with Crippen molar-refractivity contribution in [3.8, 4) is 11.3 Å². The highest BCUT2D eigenvalue weighted by atomic mass is 79.9. The van der Waals surface area contributed by atoms with Gasteiger partial charge in [0, 0.05) is 15.7 Å². The number of aryl methyl sites for hydroxylation is 1. The standard InChI is InChI=1S/C16H13BrN2O3S/c1-11-2-7-16(14(17)8-11)23(20,21)19-13-5-3-12(4-6-13)15-9-18-10-22-15/h2-10,19H,1H3. The van der Waals surface area contributed by atoms with Crippen molar-refractivity contribution in [1.29, 1.82) is 0 Å². The van der Waals surface area contributed by atoms with Gasteiger partial charge in [0.1, 0.15) is 4.90 Å². The second-order valence-corrected chi connectivity index (χ2v) is 7.49. The van der Waals surface area contributed by atoms with Crippen LogP contribution in [0.4, 0.5) is 5.69 Å². The Morgan fingerprint density at radius 3 is 2.48 bits per heavy atom. The first-order valence-electron chi connectivity index (χ1n) is 6.73. The molecule has 1 heterocycles. The van der Waals surface area contributed by atoms with Crippen molar-refractivity contribution in [2.24, 2.45) is 0 Å². The second kappa shape index (κ2) is 6.17. The number of hydrogen-bond donors (Lipinski definition) is 1. The summed E-state index contributed by atoms with van der Waals surface area (Å²) >= 11 is 3.30. The highest BCUT2D eigenvalue weighted by Crippen LogP contribution is 2.26. The molecule has 0 aliphatic rings. The number of benzene rings is 2. The topological polar surface area (TPSA) is 72.2 Å². The van der Waals surface area contributed by atoms with Crippen LogP contribution in [0.25, 0.3) is 11.3 Å². The maximum Gasteiger partial charge on any atom is 0.263 e. The summed E-state index contributed by atoms with van der Waals surface area (Å²) in [7, 11) is -3.66. The predicted molar refractivity (Wildman–Crippen MR) is 91.6 cm³/mol. The van der Waals surface area contributed by atoms with Crippen molar-refractivity contribution >= 4 is 31.6 Å². The molecule has 0 aliphatic carbocycles. The summed E-state index contributed by atoms with van der Waals surface area (Å²) in [6, 6.07) is 12.0. The Morgan fingerprint density at radius 2 is 1.87 bits per heavy atom. The van der Waals surface area contributed by atoms with Gasteiger partial charge in [0.05, 0.1) is 6.20 Å². The molecule has 7 heteroatoms. The van der Waals surface area contributed by atoms with Gasteiger partial charge in [0.25, 0.3) is 10.0 Å². The van der Waals surface area contributed by atoms with Crippen LogP contribution >= 0.6 is 15.9 Å². The van der Waals surface area contributed by atoms with Crippen LogP contribution in [-0.4, -0.2) is 13.4 Å². The van der Waals surface area contributed by atoms with Crippen molar-refractivity contribution in [3.63, 3.8) is 0 Å². The average molecular weight is 393 g/mol. The van der Waals surface area contributed by atoms with Gasteiger partial charge in [-0.3, -0.25) is 4.72 Å². The molecule has 0 bridgehead atoms. The minimum atomic E-state index is -3.66. The summed E-state index contributed by atoms with van der Waals surface area (Å²) in [4.78, 5) is 4.05. The number of rotatable bonds is 4. The molecule has 0 fully saturated rings. The zero-order chi connectivity index (χ0) is 16.4. The minimum Gasteiger partial charge on any atom is -0.444 e. The Hall–Kier alpha value is -2.12. The Bertz CT molecular complexity index is 920. The molecule has 3 aromatic rings. The predicted octanol–water partition coefficient (Wildman–Crippen LogP) is 4.21. The maximum absolute atomic E-state index is 12.5. The average Bonchev–Trinajstić information content (AvgIpc) is 3.01. The molecule has 2 aromatic carbocycles. The third-order valence-electron chi connectivity index (χ3n) is 3.23. The molecular weight excluding hydrogens is 380 g/mol. The van der Waals surface area contributed by atoms with Crippen molar-refractivity contribution in [2.45, 2.75) is 11.8 Å². The van der Waals surface area contributed by atoms with Crippen LogP contribution in [0.2, 0.25) is 0 Å². The molecule has 0 aliphatic heterocycles. The number of sulfonamides is 1. The quantitative estimate of drug-likeness (QED) is 0.721. The van der Waals surface area contributed by atoms with Gasteiger partial charge in [-0.15, -0.1) is 0 Å². The molecule has 0 saturated carbocycles. The van der Waals surface area contributed by atoms with E-state index < -0.39 is 10.0 Å². The number of nitrogens with one attached hydrogen (secondary N) is 1. The zero-order valence-electron chi connectivity index (χ0n) is 12.2. The number of aromatic nitrogens is 1. The summed E-state index contributed by atoms with van der Waals surface area (Å²) in [5.74, 6) is 0.626. The normalized spacial score (nSPS) is 11.4. The molecular formula is C16H13BrN2O3S. The van der Waals surface area contributed by atoms with E-state index in [0.29, 0.717) is 15.9 Å². The minimum absolute atomic E-state index is 0.197. The van der Waals surface area contributed by atoms with Gasteiger partial charge in [0.15, 0.2) is 12.2 Å². The van der Waals surface area contributed by atoms with E-state index in [4.69, 9.17) is 4.42 Å². The second-order valence-electron chi connectivity index (χ2n) is 4.98. The van der Waals surface area contributed by atoms with E-state index in [0.717, 1.165) is 11.1 Å². The zero-order valence-corrected chi connectivity index (χ0v) is 14.6. The summed E-state index contributed by atoms with van der Waals surface area (Å²) in [5, 5.41) is 0. The Labute approximate surface area is 142 Å². The third kappa shape index (κ3) is 3.46. The van der Waals surface area contributed by atoms with E-state index in [1.165, 1.54) is 6.39 Å². The molecule has 0 unspecified atom stereocenters. The number of hydrogen-bond acceptors (Lipinski definition) is 4. The van der Waals surface area contributed by atoms with Crippen LogP contribution in [0.1, 0.15) is 5.56 Å². The van der Waals surface area contributed by atoms with Crippen LogP contribution in [0.3, 0.4) is 0 Å². The monoisotopic (exact) mass is 392 g/mol. The molecule has 0 atom stereocenters. The van der Waals surface area contributed by atoms with E-state index in [2.05, 4.69) is 25.6 Å². The molecule has 1 N–H and O–H groups in total. The number of oxazole rings is 1. The first-order valence-corrected chi connectivity index (χ1v) is 9.01. The Balaban J connectivity index is 1.86. The molecule has 0 radical (unpaired) electrons. The molecule has 0 spiro atoms. The molecule has 5 nitrogen and oxygen atoms in total. The fourth-order valence-corrected chi connectivity index (χ4v) is 4.35. The van der Waals surface area contributed by atoms with E-state index >= 15 is 0 Å². The van der Waals surface area contributed by atoms with Gasteiger partial charge in [-0.05, 0) is 64.8 Å². The van der Waals surface area contributed by atoms with Crippen molar-refractivity contribution < 1.29 is 12.8 Å². The first-order chi connectivity index (χ1) is 11.0. The van der Waals surface area contributed by atoms with Gasteiger partial charge in [-0.25, -0.2) is 13.4 Å². The van der Waals surface area contributed by atoms with Crippen LogP contribution < -0.4 is 4.72 Å². The van der Waals surface area contributed by atoms with Crippen molar-refractivity contribution in [2.75, 3.05) is 4.72 Å². The fraction of sp³-hybridized carbons (Fsp3) is 0.0625. The van der Waals surface area contributed by atoms with Crippen LogP contribution in [0.5, 0.6) is 0 Å². The lowest BCUT2D eigenvalue weighted by Crippen LogP contribution is -2.13. The van der Waals surface area contributed by atoms with E-state index in [1.54, 1.807) is 48.7 Å². The lowest BCUT2D eigenvalue weighted by Gasteiger charge is -2.10. The molecule has 118 valence electrons. The summed E-state index contributed by atoms with van der Waals surface area (Å²) in [6.07, 6.45) is 2.95. The van der Waals surface area contributed by atoms with E-state index in [-0.39, 0.29) is 4.90 Å². The highest BCUT2D eigenvalue weighted by molar-refractivity contribution is 9.10. The summed E-state index contributed by atoms with van der Waals surface area (Å²) < 4.78 is 33.3. The number of nitrogens with zero attached hydrogens (tertiary/aromatic N) is 1. The largest absolute Gasteiger partial charge is 0.444 e. The molecule has 0 amide bonds. The van der Waals surface area contributed by atoms with Gasteiger partial charge < -0.3 is 4.42 Å². The van der Waals surface area contributed by atoms with Gasteiger partial charge >= 0.3 is 0 Å². The number of halogens is 1. The summed E-state index contributed by atoms with van der Waals surface area (Å²) in [6.45, 7) is 1.90. The fourth-order valence-electron chi connectivity index (χ4n) is 2.09. The highest BCUT2D eigenvalue weighted by Gasteiger charge is 2.17. The lowest BCUT2D eigenvalue weighted by atomic mass is 10.2. The molecule has 3 rings (SSSR count). The summed E-state index contributed by atoms with van der Waals surface area (Å²) in [5.41, 5.74) is 2.27. The Morgan fingerprint density at radius 1 is 1.13 bits per heavy atom. The van der Waals surface area contributed by atoms with E-state index in [1.807, 2.05) is 6.92 Å². The number of anilines is 1. The lowest BCUT2D eigenvalue weighted by molar-refractivity contribution is 0.572.